The Morgan fingerprint density at radius 1 is 1.33 bits per heavy atom. The van der Waals surface area contributed by atoms with Crippen LogP contribution < -0.4 is 5.73 Å². The van der Waals surface area contributed by atoms with Gasteiger partial charge in [0.05, 0.1) is 13.0 Å². The highest BCUT2D eigenvalue weighted by atomic mass is 19.3. The van der Waals surface area contributed by atoms with Gasteiger partial charge in [-0.25, -0.2) is 13.2 Å². The fourth-order valence-electron chi connectivity index (χ4n) is 1.56. The van der Waals surface area contributed by atoms with Crippen LogP contribution >= 0.6 is 0 Å². The Kier molecular flexibility index (Phi) is 5.64. The normalized spacial score (nSPS) is 10.7. The molecule has 0 spiro atoms. The van der Waals surface area contributed by atoms with Crippen LogP contribution in [0.2, 0.25) is 0 Å². The molecule has 6 heteroatoms. The molecule has 0 radical (unpaired) electrons. The molecule has 100 valence electrons. The molecule has 0 aliphatic carbocycles. The summed E-state index contributed by atoms with van der Waals surface area (Å²) in [5.41, 5.74) is 5.45. The second kappa shape index (κ2) is 7.00. The molecular formula is C12H15F3N2O. The summed E-state index contributed by atoms with van der Waals surface area (Å²) < 4.78 is 37.9. The Bertz CT molecular complexity index is 399. The number of alkyl halides is 2. The molecule has 0 bridgehead atoms. The van der Waals surface area contributed by atoms with Crippen molar-refractivity contribution in [3.63, 3.8) is 0 Å². The number of nitrogens with zero attached hydrogens (tertiary/aromatic N) is 1. The van der Waals surface area contributed by atoms with Gasteiger partial charge in [0.2, 0.25) is 5.91 Å². The van der Waals surface area contributed by atoms with Crippen LogP contribution in [0.3, 0.4) is 0 Å². The summed E-state index contributed by atoms with van der Waals surface area (Å²) in [5.74, 6) is -1.07. The maximum absolute atomic E-state index is 13.3. The third kappa shape index (κ3) is 4.37. The molecular weight excluding hydrogens is 245 g/mol. The van der Waals surface area contributed by atoms with Crippen molar-refractivity contribution in [1.82, 2.24) is 4.90 Å². The van der Waals surface area contributed by atoms with E-state index < -0.39 is 24.7 Å². The van der Waals surface area contributed by atoms with Crippen molar-refractivity contribution in [2.45, 2.75) is 12.8 Å². The van der Waals surface area contributed by atoms with Gasteiger partial charge in [-0.1, -0.05) is 18.2 Å². The number of amides is 1. The van der Waals surface area contributed by atoms with Gasteiger partial charge in [-0.05, 0) is 11.6 Å². The van der Waals surface area contributed by atoms with E-state index in [0.717, 1.165) is 4.90 Å². The Labute approximate surface area is 103 Å². The fourth-order valence-corrected chi connectivity index (χ4v) is 1.56. The van der Waals surface area contributed by atoms with Gasteiger partial charge in [-0.3, -0.25) is 4.79 Å². The monoisotopic (exact) mass is 260 g/mol. The summed E-state index contributed by atoms with van der Waals surface area (Å²) >= 11 is 0. The minimum absolute atomic E-state index is 0.0393. The van der Waals surface area contributed by atoms with Crippen LogP contribution in [0, 0.1) is 5.82 Å². The van der Waals surface area contributed by atoms with E-state index in [1.165, 1.54) is 18.2 Å². The summed E-state index contributed by atoms with van der Waals surface area (Å²) in [7, 11) is 0. The Morgan fingerprint density at radius 2 is 2.00 bits per heavy atom. The maximum Gasteiger partial charge on any atom is 0.255 e. The van der Waals surface area contributed by atoms with E-state index in [0.29, 0.717) is 0 Å². The number of rotatable bonds is 6. The quantitative estimate of drug-likeness (QED) is 0.840. The summed E-state index contributed by atoms with van der Waals surface area (Å²) in [6.45, 7) is -0.544. The van der Waals surface area contributed by atoms with Gasteiger partial charge in [0.1, 0.15) is 5.82 Å². The SMILES string of the molecule is NCCN(CC(F)F)C(=O)Cc1ccccc1F. The third-order valence-electron chi connectivity index (χ3n) is 2.41. The summed E-state index contributed by atoms with van der Waals surface area (Å²) in [4.78, 5) is 12.7. The van der Waals surface area contributed by atoms with Gasteiger partial charge in [0.15, 0.2) is 0 Å². The minimum Gasteiger partial charge on any atom is -0.335 e. The smallest absolute Gasteiger partial charge is 0.255 e. The van der Waals surface area contributed by atoms with E-state index in [9.17, 15) is 18.0 Å². The molecule has 0 unspecified atom stereocenters. The average Bonchev–Trinajstić information content (AvgIpc) is 2.31. The fraction of sp³-hybridized carbons (Fsp3) is 0.417. The van der Waals surface area contributed by atoms with Crippen LogP contribution in [-0.4, -0.2) is 36.9 Å². The maximum atomic E-state index is 13.3. The highest BCUT2D eigenvalue weighted by molar-refractivity contribution is 5.78. The molecule has 0 aliphatic rings. The van der Waals surface area contributed by atoms with Crippen LogP contribution in [0.15, 0.2) is 24.3 Å². The lowest BCUT2D eigenvalue weighted by Gasteiger charge is -2.21. The lowest BCUT2D eigenvalue weighted by atomic mass is 10.1. The summed E-state index contributed by atoms with van der Waals surface area (Å²) in [6.07, 6.45) is -2.86. The number of benzene rings is 1. The molecule has 1 aromatic rings. The van der Waals surface area contributed by atoms with Gasteiger partial charge < -0.3 is 10.6 Å². The van der Waals surface area contributed by atoms with E-state index in [1.54, 1.807) is 6.07 Å². The van der Waals surface area contributed by atoms with Gasteiger partial charge in [-0.2, -0.15) is 0 Å². The number of carbonyl (C=O) groups is 1. The lowest BCUT2D eigenvalue weighted by molar-refractivity contribution is -0.132. The van der Waals surface area contributed by atoms with Crippen molar-refractivity contribution in [1.29, 1.82) is 0 Å². The summed E-state index contributed by atoms with van der Waals surface area (Å²) in [6, 6.07) is 5.77. The first kappa shape index (κ1) is 14.5. The topological polar surface area (TPSA) is 46.3 Å². The van der Waals surface area contributed by atoms with Crippen LogP contribution in [0.5, 0.6) is 0 Å². The van der Waals surface area contributed by atoms with E-state index >= 15 is 0 Å². The zero-order valence-electron chi connectivity index (χ0n) is 9.78. The molecule has 3 nitrogen and oxygen atoms in total. The van der Waals surface area contributed by atoms with Crippen molar-refractivity contribution in [3.05, 3.63) is 35.6 Å². The molecule has 0 aliphatic heterocycles. The number of hydrogen-bond acceptors (Lipinski definition) is 2. The van der Waals surface area contributed by atoms with E-state index in [-0.39, 0.29) is 25.1 Å². The Hall–Kier alpha value is -1.56. The second-order valence-electron chi connectivity index (χ2n) is 3.79. The number of hydrogen-bond donors (Lipinski definition) is 1. The molecule has 0 saturated carbocycles. The van der Waals surface area contributed by atoms with Gasteiger partial charge >= 0.3 is 0 Å². The molecule has 0 heterocycles. The Balaban J connectivity index is 2.69. The van der Waals surface area contributed by atoms with Crippen molar-refractivity contribution < 1.29 is 18.0 Å². The highest BCUT2D eigenvalue weighted by Crippen LogP contribution is 2.09. The first-order valence-electron chi connectivity index (χ1n) is 5.54. The molecule has 0 saturated heterocycles. The first-order chi connectivity index (χ1) is 8.54. The average molecular weight is 260 g/mol. The molecule has 0 aromatic heterocycles. The van der Waals surface area contributed by atoms with E-state index in [4.69, 9.17) is 5.73 Å². The van der Waals surface area contributed by atoms with E-state index in [1.807, 2.05) is 0 Å². The standard InChI is InChI=1S/C12H15F3N2O/c13-10-4-2-1-3-9(10)7-12(18)17(6-5-16)8-11(14)15/h1-4,11H,5-8,16H2. The van der Waals surface area contributed by atoms with Crippen LogP contribution in [0.4, 0.5) is 13.2 Å². The van der Waals surface area contributed by atoms with Crippen molar-refractivity contribution in [2.75, 3.05) is 19.6 Å². The van der Waals surface area contributed by atoms with Crippen molar-refractivity contribution in [3.8, 4) is 0 Å². The molecule has 0 fully saturated rings. The van der Waals surface area contributed by atoms with E-state index in [2.05, 4.69) is 0 Å². The van der Waals surface area contributed by atoms with Crippen LogP contribution in [0.25, 0.3) is 0 Å². The molecule has 0 atom stereocenters. The van der Waals surface area contributed by atoms with Crippen LogP contribution in [-0.2, 0) is 11.2 Å². The highest BCUT2D eigenvalue weighted by Gasteiger charge is 2.18. The van der Waals surface area contributed by atoms with Gasteiger partial charge in [-0.15, -0.1) is 0 Å². The largest absolute Gasteiger partial charge is 0.335 e. The van der Waals surface area contributed by atoms with Gasteiger partial charge in [0.25, 0.3) is 6.43 Å². The van der Waals surface area contributed by atoms with Gasteiger partial charge in [0, 0.05) is 13.1 Å². The molecule has 18 heavy (non-hydrogen) atoms. The predicted molar refractivity (Wildman–Crippen MR) is 61.7 cm³/mol. The Morgan fingerprint density at radius 3 is 2.56 bits per heavy atom. The van der Waals surface area contributed by atoms with Crippen LogP contribution in [0.1, 0.15) is 5.56 Å². The molecule has 2 N–H and O–H groups in total. The number of halogens is 3. The molecule has 1 aromatic carbocycles. The first-order valence-corrected chi connectivity index (χ1v) is 5.54. The number of nitrogens with two attached hydrogens (primary N) is 1. The number of carbonyl (C=O) groups excluding carboxylic acids is 1. The second-order valence-corrected chi connectivity index (χ2v) is 3.79. The molecule has 1 rings (SSSR count). The lowest BCUT2D eigenvalue weighted by Crippen LogP contribution is -2.39. The zero-order chi connectivity index (χ0) is 13.5. The third-order valence-corrected chi connectivity index (χ3v) is 2.41. The van der Waals surface area contributed by atoms with Crippen molar-refractivity contribution in [2.24, 2.45) is 5.73 Å². The predicted octanol–water partition coefficient (Wildman–Crippen LogP) is 1.42. The molecule has 1 amide bonds. The minimum atomic E-state index is -2.62. The van der Waals surface area contributed by atoms with Crippen molar-refractivity contribution >= 4 is 5.91 Å². The summed E-state index contributed by atoms with van der Waals surface area (Å²) in [5, 5.41) is 0. The zero-order valence-corrected chi connectivity index (χ0v) is 9.78.